The second-order valence-corrected chi connectivity index (χ2v) is 8.98. The number of aromatic nitrogens is 3. The number of hydrogen-bond donors (Lipinski definition) is 0. The molecule has 2 aromatic rings. The van der Waals surface area contributed by atoms with Crippen LogP contribution in [0, 0.1) is 0 Å². The summed E-state index contributed by atoms with van der Waals surface area (Å²) >= 11 is 0. The number of amides is 1. The molecule has 0 atom stereocenters. The number of piperidine rings is 1. The van der Waals surface area contributed by atoms with E-state index >= 15 is 0 Å². The van der Waals surface area contributed by atoms with Gasteiger partial charge < -0.3 is 0 Å². The summed E-state index contributed by atoms with van der Waals surface area (Å²) in [6, 6.07) is 5.63. The number of carbonyl (C=O) groups is 1. The van der Waals surface area contributed by atoms with Crippen molar-refractivity contribution in [3.8, 4) is 0 Å². The Morgan fingerprint density at radius 2 is 1.81 bits per heavy atom. The molecule has 0 aliphatic carbocycles. The molecule has 26 heavy (non-hydrogen) atoms. The van der Waals surface area contributed by atoms with E-state index in [1.54, 1.807) is 23.5 Å². The van der Waals surface area contributed by atoms with Gasteiger partial charge in [-0.25, -0.2) is 17.4 Å². The average molecular weight is 375 g/mol. The van der Waals surface area contributed by atoms with E-state index in [0.29, 0.717) is 38.9 Å². The van der Waals surface area contributed by atoms with Crippen LogP contribution in [0.5, 0.6) is 0 Å². The van der Waals surface area contributed by atoms with E-state index in [9.17, 15) is 13.2 Å². The predicted octanol–water partition coefficient (Wildman–Crippen LogP) is 0.966. The van der Waals surface area contributed by atoms with E-state index in [-0.39, 0.29) is 5.91 Å². The van der Waals surface area contributed by atoms with Crippen LogP contribution >= 0.6 is 0 Å². The van der Waals surface area contributed by atoms with Crippen molar-refractivity contribution in [1.82, 2.24) is 19.1 Å². The fraction of sp³-hybridized carbons (Fsp3) is 0.471. The molecule has 1 amide bonds. The maximum atomic E-state index is 12.9. The molecule has 4 rings (SSSR count). The van der Waals surface area contributed by atoms with Gasteiger partial charge in [-0.15, -0.1) is 0 Å². The Balaban J connectivity index is 1.62. The first-order valence-electron chi connectivity index (χ1n) is 8.58. The average Bonchev–Trinajstić information content (AvgIpc) is 3.10. The van der Waals surface area contributed by atoms with Crippen LogP contribution in [0.25, 0.3) is 0 Å². The van der Waals surface area contributed by atoms with Crippen LogP contribution in [0.3, 0.4) is 0 Å². The minimum atomic E-state index is -3.21. The van der Waals surface area contributed by atoms with E-state index in [1.165, 1.54) is 10.6 Å². The summed E-state index contributed by atoms with van der Waals surface area (Å²) < 4.78 is 27.0. The summed E-state index contributed by atoms with van der Waals surface area (Å²) in [7, 11) is -3.21. The van der Waals surface area contributed by atoms with E-state index in [0.717, 1.165) is 11.4 Å². The van der Waals surface area contributed by atoms with Gasteiger partial charge >= 0.3 is 0 Å². The van der Waals surface area contributed by atoms with Gasteiger partial charge in [0.05, 0.1) is 31.0 Å². The first-order chi connectivity index (χ1) is 12.4. The second kappa shape index (κ2) is 6.17. The lowest BCUT2D eigenvalue weighted by atomic mass is 9.83. The summed E-state index contributed by atoms with van der Waals surface area (Å²) in [4.78, 5) is 18.7. The van der Waals surface area contributed by atoms with Gasteiger partial charge in [-0.1, -0.05) is 0 Å². The lowest BCUT2D eigenvalue weighted by molar-refractivity contribution is -0.122. The molecule has 0 unspecified atom stereocenters. The quantitative estimate of drug-likeness (QED) is 0.797. The topological polar surface area (TPSA) is 88.4 Å². The number of nitrogens with zero attached hydrogens (tertiary/aromatic N) is 5. The summed E-state index contributed by atoms with van der Waals surface area (Å²) in [5.41, 5.74) is 0.565. The molecule has 0 aromatic carbocycles. The van der Waals surface area contributed by atoms with Crippen molar-refractivity contribution < 1.29 is 13.2 Å². The Bertz CT molecular complexity index is 917. The normalized spacial score (nSPS) is 20.3. The van der Waals surface area contributed by atoms with Crippen molar-refractivity contribution in [2.24, 2.45) is 0 Å². The number of sulfonamides is 1. The number of rotatable bonds is 3. The molecular formula is C17H21N5O3S. The standard InChI is InChI=1S/C17H21N5O3S/c1-26(24,25)20-10-5-17(6-11-20)12-16(23)21(15-4-9-19-22(15)17)13-14-2-7-18-8-3-14/h2-4,7-9H,5-6,10-13H2,1H3. The van der Waals surface area contributed by atoms with E-state index in [4.69, 9.17) is 0 Å². The molecule has 2 aliphatic heterocycles. The van der Waals surface area contributed by atoms with Crippen molar-refractivity contribution in [2.45, 2.75) is 31.3 Å². The molecular weight excluding hydrogens is 354 g/mol. The number of hydrogen-bond acceptors (Lipinski definition) is 5. The number of anilines is 1. The van der Waals surface area contributed by atoms with Gasteiger partial charge in [0, 0.05) is 31.5 Å². The Morgan fingerprint density at radius 3 is 2.46 bits per heavy atom. The summed E-state index contributed by atoms with van der Waals surface area (Å²) in [5, 5.41) is 4.49. The predicted molar refractivity (Wildman–Crippen MR) is 95.9 cm³/mol. The Morgan fingerprint density at radius 1 is 1.12 bits per heavy atom. The molecule has 9 heteroatoms. The van der Waals surface area contributed by atoms with Crippen molar-refractivity contribution >= 4 is 21.7 Å². The van der Waals surface area contributed by atoms with Crippen LogP contribution in [0.15, 0.2) is 36.8 Å². The summed E-state index contributed by atoms with van der Waals surface area (Å²) in [6.07, 6.45) is 7.87. The number of pyridine rings is 1. The van der Waals surface area contributed by atoms with Gasteiger partial charge in [0.1, 0.15) is 5.82 Å². The molecule has 2 aromatic heterocycles. The van der Waals surface area contributed by atoms with Crippen LogP contribution in [-0.2, 0) is 26.9 Å². The molecule has 2 aliphatic rings. The highest BCUT2D eigenvalue weighted by Gasteiger charge is 2.46. The van der Waals surface area contributed by atoms with Crippen LogP contribution < -0.4 is 4.90 Å². The van der Waals surface area contributed by atoms with Crippen LogP contribution in [0.2, 0.25) is 0 Å². The van der Waals surface area contributed by atoms with Crippen molar-refractivity contribution in [1.29, 1.82) is 0 Å². The maximum absolute atomic E-state index is 12.9. The highest BCUT2D eigenvalue weighted by Crippen LogP contribution is 2.41. The smallest absolute Gasteiger partial charge is 0.230 e. The number of carbonyl (C=O) groups excluding carboxylic acids is 1. The van der Waals surface area contributed by atoms with Crippen LogP contribution in [0.4, 0.5) is 5.82 Å². The third-order valence-corrected chi connectivity index (χ3v) is 6.65. The van der Waals surface area contributed by atoms with Gasteiger partial charge in [-0.3, -0.25) is 14.7 Å². The molecule has 1 saturated heterocycles. The molecule has 8 nitrogen and oxygen atoms in total. The molecule has 4 heterocycles. The molecule has 0 saturated carbocycles. The van der Waals surface area contributed by atoms with E-state index < -0.39 is 15.6 Å². The van der Waals surface area contributed by atoms with Gasteiger partial charge in [-0.2, -0.15) is 5.10 Å². The SMILES string of the molecule is CS(=O)(=O)N1CCC2(CC1)CC(=O)N(Cc1ccncc1)c1ccnn12. The van der Waals surface area contributed by atoms with Gasteiger partial charge in [0.2, 0.25) is 15.9 Å². The van der Waals surface area contributed by atoms with Gasteiger partial charge in [0.15, 0.2) is 0 Å². The van der Waals surface area contributed by atoms with Crippen LogP contribution in [-0.4, -0.2) is 52.7 Å². The molecule has 1 fully saturated rings. The van der Waals surface area contributed by atoms with E-state index in [2.05, 4.69) is 10.1 Å². The maximum Gasteiger partial charge on any atom is 0.230 e. The Labute approximate surface area is 152 Å². The fourth-order valence-corrected chi connectivity index (χ4v) is 4.75. The lowest BCUT2D eigenvalue weighted by Gasteiger charge is -2.46. The molecule has 1 spiro atoms. The highest BCUT2D eigenvalue weighted by molar-refractivity contribution is 7.88. The third kappa shape index (κ3) is 2.90. The number of fused-ring (bicyclic) bond motifs is 2. The zero-order chi connectivity index (χ0) is 18.4. The minimum Gasteiger partial charge on any atom is -0.292 e. The zero-order valence-electron chi connectivity index (χ0n) is 14.6. The fourth-order valence-electron chi connectivity index (χ4n) is 3.91. The third-order valence-electron chi connectivity index (χ3n) is 5.34. The highest BCUT2D eigenvalue weighted by atomic mass is 32.2. The molecule has 0 radical (unpaired) electrons. The zero-order valence-corrected chi connectivity index (χ0v) is 15.4. The van der Waals surface area contributed by atoms with Crippen LogP contribution in [0.1, 0.15) is 24.8 Å². The molecule has 0 N–H and O–H groups in total. The minimum absolute atomic E-state index is 0.0441. The van der Waals surface area contributed by atoms with Crippen molar-refractivity contribution in [3.05, 3.63) is 42.4 Å². The lowest BCUT2D eigenvalue weighted by Crippen LogP contribution is -2.54. The second-order valence-electron chi connectivity index (χ2n) is 7.00. The summed E-state index contributed by atoms with van der Waals surface area (Å²) in [6.45, 7) is 1.30. The Kier molecular flexibility index (Phi) is 4.07. The molecule has 0 bridgehead atoms. The van der Waals surface area contributed by atoms with Crippen molar-refractivity contribution in [3.63, 3.8) is 0 Å². The Hall–Kier alpha value is -2.26. The largest absolute Gasteiger partial charge is 0.292 e. The van der Waals surface area contributed by atoms with E-state index in [1.807, 2.05) is 22.9 Å². The summed E-state index contributed by atoms with van der Waals surface area (Å²) in [5.74, 6) is 0.813. The first kappa shape index (κ1) is 17.2. The van der Waals surface area contributed by atoms with Gasteiger partial charge in [0.25, 0.3) is 0 Å². The van der Waals surface area contributed by atoms with Gasteiger partial charge in [-0.05, 0) is 30.5 Å². The first-order valence-corrected chi connectivity index (χ1v) is 10.4. The van der Waals surface area contributed by atoms with Crippen molar-refractivity contribution in [2.75, 3.05) is 24.2 Å². The molecule has 138 valence electrons. The monoisotopic (exact) mass is 375 g/mol.